The van der Waals surface area contributed by atoms with Gasteiger partial charge in [-0.3, -0.25) is 0 Å². The highest BCUT2D eigenvalue weighted by Crippen LogP contribution is 2.56. The second-order valence-corrected chi connectivity index (χ2v) is 17.4. The molecule has 0 saturated heterocycles. The van der Waals surface area contributed by atoms with Crippen LogP contribution in [0.4, 0.5) is 0 Å². The molecule has 10 aromatic rings. The van der Waals surface area contributed by atoms with E-state index in [1.807, 2.05) is 6.07 Å². The van der Waals surface area contributed by atoms with E-state index in [4.69, 9.17) is 9.97 Å². The molecule has 2 heteroatoms. The minimum Gasteiger partial charge on any atom is -0.228 e. The van der Waals surface area contributed by atoms with Crippen molar-refractivity contribution >= 4 is 21.5 Å². The van der Waals surface area contributed by atoms with E-state index in [9.17, 15) is 0 Å². The molecule has 0 aliphatic heterocycles. The summed E-state index contributed by atoms with van der Waals surface area (Å²) >= 11 is 0. The number of nitrogens with zero attached hydrogens (tertiary/aromatic N) is 2. The van der Waals surface area contributed by atoms with Crippen molar-refractivity contribution in [2.45, 2.75) is 31.6 Å². The third-order valence-corrected chi connectivity index (χ3v) is 13.8. The van der Waals surface area contributed by atoms with Gasteiger partial charge >= 0.3 is 0 Å². The smallest absolute Gasteiger partial charge is 0.160 e. The monoisotopic (exact) mass is 778 g/mol. The van der Waals surface area contributed by atoms with Crippen LogP contribution in [0.15, 0.2) is 200 Å². The lowest BCUT2D eigenvalue weighted by Gasteiger charge is -2.28. The van der Waals surface area contributed by atoms with Crippen molar-refractivity contribution in [3.63, 3.8) is 0 Å². The molecule has 0 saturated carbocycles. The first kappa shape index (κ1) is 35.5. The summed E-state index contributed by atoms with van der Waals surface area (Å²) in [4.78, 5) is 10.8. The minimum absolute atomic E-state index is 0.178. The van der Waals surface area contributed by atoms with Gasteiger partial charge in [0.25, 0.3) is 0 Å². The molecule has 61 heavy (non-hydrogen) atoms. The molecule has 0 fully saturated rings. The van der Waals surface area contributed by atoms with Gasteiger partial charge < -0.3 is 0 Å². The molecule has 12 rings (SSSR count). The maximum absolute atomic E-state index is 5.40. The third-order valence-electron chi connectivity index (χ3n) is 13.8. The number of rotatable bonds is 5. The summed E-state index contributed by atoms with van der Waals surface area (Å²) in [6, 6.07) is 73.1. The summed E-state index contributed by atoms with van der Waals surface area (Å²) < 4.78 is 0. The highest BCUT2D eigenvalue weighted by atomic mass is 14.9. The van der Waals surface area contributed by atoms with Gasteiger partial charge in [0, 0.05) is 27.5 Å². The molecule has 1 atom stereocenters. The lowest BCUT2D eigenvalue weighted by atomic mass is 9.74. The summed E-state index contributed by atoms with van der Waals surface area (Å²) in [7, 11) is 0. The molecular formula is C59H42N2. The topological polar surface area (TPSA) is 25.8 Å². The lowest BCUT2D eigenvalue weighted by molar-refractivity contribution is 0.663. The van der Waals surface area contributed by atoms with Crippen LogP contribution in [0.5, 0.6) is 0 Å². The number of fused-ring (bicyclic) bond motifs is 8. The Morgan fingerprint density at radius 2 is 0.902 bits per heavy atom. The van der Waals surface area contributed by atoms with E-state index >= 15 is 0 Å². The fourth-order valence-electron chi connectivity index (χ4n) is 10.8. The van der Waals surface area contributed by atoms with Gasteiger partial charge in [-0.2, -0.15) is 0 Å². The van der Waals surface area contributed by atoms with Crippen molar-refractivity contribution in [3.8, 4) is 67.3 Å². The van der Waals surface area contributed by atoms with Gasteiger partial charge in [-0.25, -0.2) is 9.97 Å². The van der Waals surface area contributed by atoms with E-state index in [2.05, 4.69) is 215 Å². The number of aromatic nitrogens is 2. The molecule has 9 aromatic carbocycles. The molecular weight excluding hydrogens is 737 g/mol. The maximum atomic E-state index is 5.40. The molecule has 288 valence electrons. The van der Waals surface area contributed by atoms with Crippen LogP contribution >= 0.6 is 0 Å². The van der Waals surface area contributed by atoms with Crippen LogP contribution in [-0.2, 0) is 10.8 Å². The van der Waals surface area contributed by atoms with Gasteiger partial charge in [-0.1, -0.05) is 196 Å². The summed E-state index contributed by atoms with van der Waals surface area (Å²) in [5.74, 6) is 0.712. The molecule has 1 aromatic heterocycles. The van der Waals surface area contributed by atoms with Crippen LogP contribution in [0, 0.1) is 0 Å². The zero-order valence-electron chi connectivity index (χ0n) is 34.4. The van der Waals surface area contributed by atoms with Crippen LogP contribution in [-0.4, -0.2) is 9.97 Å². The summed E-state index contributed by atoms with van der Waals surface area (Å²) in [5, 5.41) is 4.94. The predicted molar refractivity (Wildman–Crippen MR) is 254 cm³/mol. The maximum Gasteiger partial charge on any atom is 0.160 e. The van der Waals surface area contributed by atoms with Gasteiger partial charge in [0.1, 0.15) is 0 Å². The molecule has 1 heterocycles. The molecule has 0 N–H and O–H groups in total. The van der Waals surface area contributed by atoms with E-state index < -0.39 is 0 Å². The molecule has 2 aliphatic carbocycles. The Bertz CT molecular complexity index is 3400. The van der Waals surface area contributed by atoms with Crippen LogP contribution in [0.25, 0.3) is 88.8 Å². The molecule has 0 spiro atoms. The van der Waals surface area contributed by atoms with Gasteiger partial charge in [0.15, 0.2) is 5.82 Å². The van der Waals surface area contributed by atoms with Crippen molar-refractivity contribution < 1.29 is 0 Å². The third kappa shape index (κ3) is 5.22. The number of benzene rings is 9. The van der Waals surface area contributed by atoms with Crippen molar-refractivity contribution in [1.82, 2.24) is 9.97 Å². The highest BCUT2D eigenvalue weighted by molar-refractivity contribution is 6.07. The summed E-state index contributed by atoms with van der Waals surface area (Å²) in [6.45, 7) is 7.15. The Balaban J connectivity index is 1.06. The SMILES string of the molecule is CC1(C)c2cc3ccccc3cc2-c2cccc(-c3ccc(-c4cc(-c5cccc6c5-c5ccccc5C6(C)c5ccccc5)nc(-c5ccccc5)n4)c4ccccc34)c21. The van der Waals surface area contributed by atoms with E-state index in [-0.39, 0.29) is 10.8 Å². The largest absolute Gasteiger partial charge is 0.228 e. The summed E-state index contributed by atoms with van der Waals surface area (Å²) in [6.07, 6.45) is 0. The lowest BCUT2D eigenvalue weighted by Crippen LogP contribution is -2.22. The number of hydrogen-bond donors (Lipinski definition) is 0. The van der Waals surface area contributed by atoms with Gasteiger partial charge in [-0.05, 0) is 108 Å². The van der Waals surface area contributed by atoms with Gasteiger partial charge in [-0.15, -0.1) is 0 Å². The fraction of sp³-hybridized carbons (Fsp3) is 0.0847. The van der Waals surface area contributed by atoms with Crippen LogP contribution in [0.1, 0.15) is 48.6 Å². The quantitative estimate of drug-likeness (QED) is 0.174. The Labute approximate surface area is 356 Å². The summed E-state index contributed by atoms with van der Waals surface area (Å²) in [5.41, 5.74) is 18.8. The molecule has 0 amide bonds. The van der Waals surface area contributed by atoms with Crippen molar-refractivity contribution in [2.75, 3.05) is 0 Å². The number of hydrogen-bond acceptors (Lipinski definition) is 2. The Hall–Kier alpha value is -7.42. The van der Waals surface area contributed by atoms with Crippen LogP contribution in [0.2, 0.25) is 0 Å². The molecule has 0 radical (unpaired) electrons. The van der Waals surface area contributed by atoms with Gasteiger partial charge in [0.05, 0.1) is 11.4 Å². The van der Waals surface area contributed by atoms with E-state index in [1.165, 1.54) is 82.7 Å². The standard InChI is InChI=1S/C59H42N2/c1-58(2)52-35-39-21-11-10-20-38(39)34-49(52)46-28-16-27-45(56(46)58)43-32-33-44(42-25-13-12-24-41(42)43)53-36-54(61-57(60-53)37-18-6-4-7-19-37)48-29-17-31-51-55(48)47-26-14-15-30-50(47)59(51,3)40-22-8-5-9-23-40/h4-36H,1-3H3. The van der Waals surface area contributed by atoms with Crippen LogP contribution < -0.4 is 0 Å². The van der Waals surface area contributed by atoms with Crippen molar-refractivity contribution in [1.29, 1.82) is 0 Å². The fourth-order valence-corrected chi connectivity index (χ4v) is 10.8. The van der Waals surface area contributed by atoms with E-state index in [0.29, 0.717) is 5.82 Å². The first-order valence-electron chi connectivity index (χ1n) is 21.3. The Kier molecular flexibility index (Phi) is 7.74. The van der Waals surface area contributed by atoms with Crippen molar-refractivity contribution in [2.24, 2.45) is 0 Å². The zero-order valence-corrected chi connectivity index (χ0v) is 34.4. The molecule has 1 unspecified atom stereocenters. The first-order chi connectivity index (χ1) is 29.9. The minimum atomic E-state index is -0.311. The van der Waals surface area contributed by atoms with E-state index in [0.717, 1.165) is 28.1 Å². The van der Waals surface area contributed by atoms with Crippen LogP contribution in [0.3, 0.4) is 0 Å². The molecule has 2 nitrogen and oxygen atoms in total. The second-order valence-electron chi connectivity index (χ2n) is 17.4. The first-order valence-corrected chi connectivity index (χ1v) is 21.3. The molecule has 2 aliphatic rings. The predicted octanol–water partition coefficient (Wildman–Crippen LogP) is 15.1. The van der Waals surface area contributed by atoms with E-state index in [1.54, 1.807) is 0 Å². The van der Waals surface area contributed by atoms with Crippen molar-refractivity contribution in [3.05, 3.63) is 228 Å². The molecule has 0 bridgehead atoms. The Morgan fingerprint density at radius 1 is 0.361 bits per heavy atom. The highest BCUT2D eigenvalue weighted by Gasteiger charge is 2.42. The average Bonchev–Trinajstić information content (AvgIpc) is 3.72. The zero-order chi connectivity index (χ0) is 40.9. The second kappa shape index (κ2) is 13.3. The Morgan fingerprint density at radius 3 is 1.67 bits per heavy atom. The average molecular weight is 779 g/mol. The normalized spacial score (nSPS) is 15.7. The van der Waals surface area contributed by atoms with Gasteiger partial charge in [0.2, 0.25) is 0 Å².